The van der Waals surface area contributed by atoms with Gasteiger partial charge in [0, 0.05) is 72.8 Å². The fourth-order valence-electron chi connectivity index (χ4n) is 15.1. The number of phenolic OH excluding ortho intramolecular Hbond substituents is 2. The summed E-state index contributed by atoms with van der Waals surface area (Å²) in [7, 11) is 0. The van der Waals surface area contributed by atoms with Crippen molar-refractivity contribution in [3.8, 4) is 11.5 Å². The standard InChI is InChI=1S/C95H133N23O20/c1-8-52(4)79(118-91(134)75(46-60-49-104-67-27-15-13-24-64(60)67)116-88(131)72(42-56-21-10-9-11-22-56)114-87(130)71(43-57-30-34-61(120)35-31-57)110-80(123)53(5)105-83(126)65(98)25-20-40-102-95(100)101)93(136)107-55(7)82(125)111-74(45-59-48-103-66-26-14-12-23-63(59)66)89(132)115-73(44-58-32-36-62(121)37-33-58)86(129)108-68(28-16-18-38-96)84(127)113-70(41-51(2)3)85(128)106-54(6)81(124)112-76(47-78(99)122)90(133)117-77(50-119)92(135)109-69(94(137)138)29-17-19-39-97/h9-15,21-24,26-27,30-37,48-49,51-55,65,68-77,79,103-104,119-121H,8,16-20,25,28-29,38-47,50,96-98H2,1-7H3,(H2,99,122)(H,105,126)(H,106,128)(H,107,136)(H,108,129)(H,109,135)(H,110,123)(H,111,125)(H,112,124)(H,113,127)(H,114,130)(H,115,132)(H,116,131)(H,117,133)(H,118,134)(H,137,138)(H4,100,101,102)/t52-,53-,54-,55-,65-,68-,69-,70-,71-,72-,73-,74-,75-,76-,77-,79-/m0/s1. The second-order valence-electron chi connectivity index (χ2n) is 34.7. The van der Waals surface area contributed by atoms with Crippen molar-refractivity contribution in [1.82, 2.24) is 89.7 Å². The molecule has 0 saturated carbocycles. The first-order valence-electron chi connectivity index (χ1n) is 46.0. The van der Waals surface area contributed by atoms with E-state index in [1.165, 1.54) is 69.3 Å². The molecule has 43 heteroatoms. The molecule has 0 aliphatic heterocycles. The van der Waals surface area contributed by atoms with Crippen LogP contribution in [0.15, 0.2) is 140 Å². The van der Waals surface area contributed by atoms with Crippen LogP contribution in [0.1, 0.15) is 147 Å². The number of fused-ring (bicyclic) bond motifs is 2. The minimum atomic E-state index is -1.82. The summed E-state index contributed by atoms with van der Waals surface area (Å²) in [6.45, 7) is 10.4. The number of rotatable bonds is 58. The highest BCUT2D eigenvalue weighted by Crippen LogP contribution is 2.24. The summed E-state index contributed by atoms with van der Waals surface area (Å²) in [5.74, 6) is -17.2. The highest BCUT2D eigenvalue weighted by molar-refractivity contribution is 6.02. The lowest BCUT2D eigenvalue weighted by atomic mass is 9.96. The SMILES string of the molecule is CC[C@H](C)[C@H](NC(=O)[C@H](Cc1c[nH]c2ccccc12)NC(=O)[C@H](Cc1ccccc1)NC(=O)[C@H](Cc1ccc(O)cc1)NC(=O)[C@H](C)NC(=O)[C@@H](N)CCCNC(=N)N)C(=O)N[C@@H](C)C(=O)N[C@@H](Cc1c[nH]c2ccccc12)C(=O)N[C@@H](Cc1ccc(O)cc1)C(=O)N[C@@H](CCCCN)C(=O)N[C@@H](CC(C)C)C(=O)N[C@@H](C)C(=O)N[C@@H](CC(N)=O)C(=O)N[C@@H](CO)C(=O)N[C@@H](CCCCN)C(=O)O. The Bertz CT molecular complexity index is 5310. The number of primary amides is 1. The van der Waals surface area contributed by atoms with E-state index in [-0.39, 0.29) is 114 Å². The molecular formula is C95H133N23O20. The number of carbonyl (C=O) groups excluding carboxylic acids is 15. The number of aromatic nitrogens is 2. The van der Waals surface area contributed by atoms with Gasteiger partial charge in [0.15, 0.2) is 5.96 Å². The van der Waals surface area contributed by atoms with E-state index in [0.29, 0.717) is 75.3 Å². The largest absolute Gasteiger partial charge is 0.508 e. The molecule has 748 valence electrons. The van der Waals surface area contributed by atoms with Crippen LogP contribution in [0.5, 0.6) is 11.5 Å². The number of carboxylic acids is 1. The monoisotopic (exact) mass is 1920 g/mol. The molecule has 0 aliphatic rings. The van der Waals surface area contributed by atoms with Crippen molar-refractivity contribution in [3.63, 3.8) is 0 Å². The first kappa shape index (κ1) is 110. The molecule has 16 atom stereocenters. The van der Waals surface area contributed by atoms with Gasteiger partial charge < -0.3 is 139 Å². The molecule has 138 heavy (non-hydrogen) atoms. The maximum Gasteiger partial charge on any atom is 0.326 e. The van der Waals surface area contributed by atoms with Gasteiger partial charge in [-0.25, -0.2) is 4.79 Å². The molecule has 15 amide bonds. The van der Waals surface area contributed by atoms with Crippen molar-refractivity contribution in [2.45, 2.75) is 242 Å². The number of para-hydroxylation sites is 2. The minimum Gasteiger partial charge on any atom is -0.508 e. The predicted octanol–water partition coefficient (Wildman–Crippen LogP) is -1.69. The van der Waals surface area contributed by atoms with E-state index in [1.54, 1.807) is 119 Å². The van der Waals surface area contributed by atoms with Crippen molar-refractivity contribution in [3.05, 3.63) is 168 Å². The second kappa shape index (κ2) is 55.4. The number of benzene rings is 5. The number of H-pyrrole nitrogens is 2. The number of aliphatic hydroxyl groups excluding tert-OH is 1. The molecule has 0 fully saturated rings. The number of hydrogen-bond donors (Lipinski definition) is 27. The molecule has 0 saturated heterocycles. The van der Waals surface area contributed by atoms with Crippen molar-refractivity contribution in [2.75, 3.05) is 26.2 Å². The number of unbranched alkanes of at least 4 members (excludes halogenated alkanes) is 2. The highest BCUT2D eigenvalue weighted by atomic mass is 16.4. The fourth-order valence-corrected chi connectivity index (χ4v) is 15.1. The zero-order chi connectivity index (χ0) is 101. The quantitative estimate of drug-likeness (QED) is 0.0115. The molecule has 0 aliphatic carbocycles. The summed E-state index contributed by atoms with van der Waals surface area (Å²) in [6, 6.07) is 11.8. The Hall–Kier alpha value is -14.6. The van der Waals surface area contributed by atoms with Crippen LogP contribution in [-0.4, -0.2) is 248 Å². The van der Waals surface area contributed by atoms with Crippen LogP contribution in [0.4, 0.5) is 0 Å². The van der Waals surface area contributed by atoms with Crippen LogP contribution in [0, 0.1) is 17.2 Å². The normalized spacial score (nSPS) is 14.7. The smallest absolute Gasteiger partial charge is 0.326 e. The van der Waals surface area contributed by atoms with Crippen LogP contribution in [0.25, 0.3) is 21.8 Å². The summed E-state index contributed by atoms with van der Waals surface area (Å²) in [4.78, 5) is 234. The second-order valence-corrected chi connectivity index (χ2v) is 34.7. The van der Waals surface area contributed by atoms with Gasteiger partial charge >= 0.3 is 5.97 Å². The zero-order valence-corrected chi connectivity index (χ0v) is 78.4. The summed E-state index contributed by atoms with van der Waals surface area (Å²) in [5.41, 5.74) is 32.2. The van der Waals surface area contributed by atoms with E-state index in [4.69, 9.17) is 34.1 Å². The van der Waals surface area contributed by atoms with E-state index in [0.717, 1.165) is 0 Å². The van der Waals surface area contributed by atoms with E-state index >= 15 is 28.8 Å². The molecule has 43 nitrogen and oxygen atoms in total. The van der Waals surface area contributed by atoms with Crippen LogP contribution in [0.2, 0.25) is 0 Å². The number of hydrogen-bond acceptors (Lipinski definition) is 23. The molecule has 0 radical (unpaired) electrons. The van der Waals surface area contributed by atoms with E-state index in [1.807, 2.05) is 0 Å². The number of carbonyl (C=O) groups is 16. The average molecular weight is 1920 g/mol. The predicted molar refractivity (Wildman–Crippen MR) is 512 cm³/mol. The topological polar surface area (TPSA) is 720 Å². The van der Waals surface area contributed by atoms with Gasteiger partial charge in [0.25, 0.3) is 0 Å². The Morgan fingerprint density at radius 2 is 0.732 bits per heavy atom. The van der Waals surface area contributed by atoms with Gasteiger partial charge in [0.05, 0.1) is 19.1 Å². The van der Waals surface area contributed by atoms with Gasteiger partial charge in [-0.2, -0.15) is 0 Å². The van der Waals surface area contributed by atoms with Crippen molar-refractivity contribution >= 4 is 122 Å². The van der Waals surface area contributed by atoms with Crippen LogP contribution < -0.4 is 108 Å². The van der Waals surface area contributed by atoms with Crippen LogP contribution >= 0.6 is 0 Å². The Morgan fingerprint density at radius 3 is 1.17 bits per heavy atom. The Morgan fingerprint density at radius 1 is 0.377 bits per heavy atom. The number of nitrogens with two attached hydrogens (primary N) is 5. The third kappa shape index (κ3) is 35.6. The van der Waals surface area contributed by atoms with Gasteiger partial charge in [0.2, 0.25) is 88.6 Å². The third-order valence-corrected chi connectivity index (χ3v) is 23.1. The molecule has 0 bridgehead atoms. The molecule has 7 rings (SSSR count). The number of aliphatic carboxylic acids is 1. The molecule has 0 unspecified atom stereocenters. The molecule has 7 aromatic rings. The number of carboxylic acid groups (broad SMARTS) is 1. The van der Waals surface area contributed by atoms with E-state index < -0.39 is 204 Å². The first-order valence-corrected chi connectivity index (χ1v) is 46.0. The van der Waals surface area contributed by atoms with Gasteiger partial charge in [-0.3, -0.25) is 77.3 Å². The summed E-state index contributed by atoms with van der Waals surface area (Å²) < 4.78 is 0. The summed E-state index contributed by atoms with van der Waals surface area (Å²) >= 11 is 0. The van der Waals surface area contributed by atoms with Crippen LogP contribution in [-0.2, 0) is 109 Å². The summed E-state index contributed by atoms with van der Waals surface area (Å²) in [5, 5.41) is 88.3. The first-order chi connectivity index (χ1) is 65.7. The number of phenols is 2. The highest BCUT2D eigenvalue weighted by Gasteiger charge is 2.40. The molecule has 32 N–H and O–H groups in total. The minimum absolute atomic E-state index is 0.0411. The number of aliphatic hydroxyl groups is 1. The number of aromatic hydroxyl groups is 2. The number of amides is 15. The van der Waals surface area contributed by atoms with Crippen molar-refractivity contribution in [2.24, 2.45) is 40.5 Å². The summed E-state index contributed by atoms with van der Waals surface area (Å²) in [6.07, 6.45) is 3.11. The number of nitrogens with one attached hydrogen (secondary N) is 18. The molecule has 2 aromatic heterocycles. The average Bonchev–Trinajstić information content (AvgIpc) is 1.64. The van der Waals surface area contributed by atoms with Gasteiger partial charge in [-0.15, -0.1) is 0 Å². The van der Waals surface area contributed by atoms with Crippen LogP contribution in [0.3, 0.4) is 0 Å². The van der Waals surface area contributed by atoms with Gasteiger partial charge in [0.1, 0.15) is 96.1 Å². The molecule has 0 spiro atoms. The molecular weight excluding hydrogens is 1780 g/mol. The van der Waals surface area contributed by atoms with E-state index in [2.05, 4.69) is 89.7 Å². The lowest BCUT2D eigenvalue weighted by molar-refractivity contribution is -0.143. The Kier molecular flexibility index (Phi) is 44.4. The third-order valence-electron chi connectivity index (χ3n) is 23.1. The zero-order valence-electron chi connectivity index (χ0n) is 78.4. The lowest BCUT2D eigenvalue weighted by Gasteiger charge is -2.29. The Balaban J connectivity index is 1.13. The number of guanidine groups is 1. The van der Waals surface area contributed by atoms with Gasteiger partial charge in [-0.1, -0.05) is 125 Å². The number of aromatic amines is 2. The molecule has 5 aromatic carbocycles. The van der Waals surface area contributed by atoms with Gasteiger partial charge in [-0.05, 0) is 168 Å². The Labute approximate surface area is 798 Å². The maximum absolute atomic E-state index is 15.4. The molecule has 2 heterocycles. The van der Waals surface area contributed by atoms with Crippen molar-refractivity contribution < 1.29 is 97.1 Å². The van der Waals surface area contributed by atoms with E-state index in [9.17, 15) is 68.4 Å². The maximum atomic E-state index is 15.4. The lowest BCUT2D eigenvalue weighted by Crippen LogP contribution is -2.62. The van der Waals surface area contributed by atoms with Crippen molar-refractivity contribution in [1.29, 1.82) is 5.41 Å². The fraction of sp³-hybridized carbons (Fsp3) is 0.463.